The fourth-order valence-corrected chi connectivity index (χ4v) is 2.41. The van der Waals surface area contributed by atoms with Crippen LogP contribution in [0.2, 0.25) is 0 Å². The second-order valence-electron chi connectivity index (χ2n) is 5.73. The Hall–Kier alpha value is -2.89. The molecule has 0 saturated heterocycles. The topological polar surface area (TPSA) is 82.7 Å². The van der Waals surface area contributed by atoms with Gasteiger partial charge in [0.25, 0.3) is 5.91 Å². The van der Waals surface area contributed by atoms with E-state index in [-0.39, 0.29) is 5.91 Å². The Morgan fingerprint density at radius 2 is 2.09 bits per heavy atom. The van der Waals surface area contributed by atoms with Gasteiger partial charge in [-0.3, -0.25) is 4.79 Å². The zero-order chi connectivity index (χ0) is 15.6. The highest BCUT2D eigenvalue weighted by Gasteiger charge is 2.21. The minimum absolute atomic E-state index is 0.157. The quantitative estimate of drug-likeness (QED) is 0.676. The van der Waals surface area contributed by atoms with Gasteiger partial charge in [0.05, 0.1) is 23.1 Å². The van der Waals surface area contributed by atoms with Crippen molar-refractivity contribution in [3.8, 4) is 0 Å². The highest BCUT2D eigenvalue weighted by atomic mass is 16.1. The third-order valence-electron chi connectivity index (χ3n) is 3.81. The van der Waals surface area contributed by atoms with Crippen molar-refractivity contribution in [1.29, 1.82) is 0 Å². The van der Waals surface area contributed by atoms with Gasteiger partial charge in [-0.1, -0.05) is 12.1 Å². The third-order valence-corrected chi connectivity index (χ3v) is 3.81. The molecule has 1 aromatic carbocycles. The van der Waals surface area contributed by atoms with Crippen LogP contribution >= 0.6 is 0 Å². The van der Waals surface area contributed by atoms with E-state index in [0.717, 1.165) is 22.7 Å². The molecule has 3 aromatic rings. The van der Waals surface area contributed by atoms with E-state index < -0.39 is 0 Å². The monoisotopic (exact) mass is 307 g/mol. The lowest BCUT2D eigenvalue weighted by atomic mass is 10.2. The molecule has 0 atom stereocenters. The van der Waals surface area contributed by atoms with E-state index in [0.29, 0.717) is 18.2 Å². The number of nitrogens with one attached hydrogen (secondary N) is 3. The fourth-order valence-electron chi connectivity index (χ4n) is 2.41. The SMILES string of the molecule is O=C(NCc1nc2ccccc2[nH]1)c1ccc(NC2CC2)nc1. The first kappa shape index (κ1) is 13.8. The average molecular weight is 307 g/mol. The molecule has 6 nitrogen and oxygen atoms in total. The van der Waals surface area contributed by atoms with E-state index in [9.17, 15) is 4.79 Å². The number of H-pyrrole nitrogens is 1. The number of imidazole rings is 1. The van der Waals surface area contributed by atoms with Crippen LogP contribution in [-0.2, 0) is 6.54 Å². The summed E-state index contributed by atoms with van der Waals surface area (Å²) < 4.78 is 0. The van der Waals surface area contributed by atoms with Gasteiger partial charge in [-0.25, -0.2) is 9.97 Å². The van der Waals surface area contributed by atoms with E-state index in [1.165, 1.54) is 12.8 Å². The molecule has 4 rings (SSSR count). The van der Waals surface area contributed by atoms with E-state index in [2.05, 4.69) is 25.6 Å². The number of hydrogen-bond acceptors (Lipinski definition) is 4. The van der Waals surface area contributed by atoms with E-state index in [1.54, 1.807) is 12.3 Å². The summed E-state index contributed by atoms with van der Waals surface area (Å²) in [5.41, 5.74) is 2.41. The third kappa shape index (κ3) is 3.15. The summed E-state index contributed by atoms with van der Waals surface area (Å²) in [6, 6.07) is 12.0. The van der Waals surface area contributed by atoms with Crippen molar-refractivity contribution in [3.05, 3.63) is 54.0 Å². The standard InChI is InChI=1S/C17H17N5O/c23-17(11-5-8-15(18-9-11)20-12-6-7-12)19-10-16-21-13-3-1-2-4-14(13)22-16/h1-5,8-9,12H,6-7,10H2,(H,18,20)(H,19,23)(H,21,22). The first-order chi connectivity index (χ1) is 11.3. The number of carbonyl (C=O) groups is 1. The number of para-hydroxylation sites is 2. The summed E-state index contributed by atoms with van der Waals surface area (Å²) in [6.45, 7) is 0.357. The Labute approximate surface area is 133 Å². The highest BCUT2D eigenvalue weighted by Crippen LogP contribution is 2.23. The van der Waals surface area contributed by atoms with Gasteiger partial charge in [0.15, 0.2) is 0 Å². The number of anilines is 1. The molecule has 1 amide bonds. The number of benzene rings is 1. The molecule has 3 N–H and O–H groups in total. The Bertz CT molecular complexity index is 803. The van der Waals surface area contributed by atoms with Gasteiger partial charge < -0.3 is 15.6 Å². The van der Waals surface area contributed by atoms with Crippen molar-refractivity contribution in [2.45, 2.75) is 25.4 Å². The van der Waals surface area contributed by atoms with E-state index in [4.69, 9.17) is 0 Å². The molecule has 116 valence electrons. The lowest BCUT2D eigenvalue weighted by molar-refractivity contribution is 0.0949. The Morgan fingerprint density at radius 1 is 1.22 bits per heavy atom. The molecule has 1 saturated carbocycles. The van der Waals surface area contributed by atoms with Crippen LogP contribution < -0.4 is 10.6 Å². The lowest BCUT2D eigenvalue weighted by Gasteiger charge is -2.05. The molecule has 1 aliphatic carbocycles. The van der Waals surface area contributed by atoms with Gasteiger partial charge in [0.2, 0.25) is 0 Å². The van der Waals surface area contributed by atoms with Crippen LogP contribution in [0.1, 0.15) is 29.0 Å². The number of nitrogens with zero attached hydrogens (tertiary/aromatic N) is 2. The number of rotatable bonds is 5. The zero-order valence-corrected chi connectivity index (χ0v) is 12.5. The van der Waals surface area contributed by atoms with Gasteiger partial charge in [0, 0.05) is 12.2 Å². The molecule has 0 bridgehead atoms. The van der Waals surface area contributed by atoms with Crippen molar-refractivity contribution >= 4 is 22.8 Å². The lowest BCUT2D eigenvalue weighted by Crippen LogP contribution is -2.23. The predicted molar refractivity (Wildman–Crippen MR) is 88.1 cm³/mol. The van der Waals surface area contributed by atoms with Crippen molar-refractivity contribution in [2.24, 2.45) is 0 Å². The molecule has 2 aromatic heterocycles. The largest absolute Gasteiger partial charge is 0.367 e. The number of fused-ring (bicyclic) bond motifs is 1. The molecule has 6 heteroatoms. The summed E-state index contributed by atoms with van der Waals surface area (Å²) in [4.78, 5) is 24.1. The number of aromatic amines is 1. The maximum atomic E-state index is 12.2. The molecule has 2 heterocycles. The van der Waals surface area contributed by atoms with Crippen LogP contribution in [0.15, 0.2) is 42.6 Å². The average Bonchev–Trinajstić information content (AvgIpc) is 3.29. The summed E-state index contributed by atoms with van der Waals surface area (Å²) >= 11 is 0. The smallest absolute Gasteiger partial charge is 0.253 e. The van der Waals surface area contributed by atoms with Crippen molar-refractivity contribution < 1.29 is 4.79 Å². The molecule has 1 aliphatic rings. The zero-order valence-electron chi connectivity index (χ0n) is 12.5. The predicted octanol–water partition coefficient (Wildman–Crippen LogP) is 2.46. The van der Waals surface area contributed by atoms with Gasteiger partial charge in [-0.15, -0.1) is 0 Å². The Kier molecular flexibility index (Phi) is 3.42. The summed E-state index contributed by atoms with van der Waals surface area (Å²) in [5.74, 6) is 1.40. The van der Waals surface area contributed by atoms with Gasteiger partial charge in [-0.05, 0) is 37.1 Å². The molecule has 0 radical (unpaired) electrons. The number of amides is 1. The van der Waals surface area contributed by atoms with Crippen LogP contribution in [-0.4, -0.2) is 26.9 Å². The van der Waals surface area contributed by atoms with Crippen molar-refractivity contribution in [3.63, 3.8) is 0 Å². The second-order valence-corrected chi connectivity index (χ2v) is 5.73. The van der Waals surface area contributed by atoms with Gasteiger partial charge in [0.1, 0.15) is 11.6 Å². The molecule has 0 spiro atoms. The van der Waals surface area contributed by atoms with Crippen molar-refractivity contribution in [1.82, 2.24) is 20.3 Å². The first-order valence-electron chi connectivity index (χ1n) is 7.72. The number of hydrogen-bond donors (Lipinski definition) is 3. The van der Waals surface area contributed by atoms with Crippen LogP contribution in [0.4, 0.5) is 5.82 Å². The number of carbonyl (C=O) groups excluding carboxylic acids is 1. The molecule has 1 fully saturated rings. The van der Waals surface area contributed by atoms with E-state index in [1.807, 2.05) is 30.3 Å². The van der Waals surface area contributed by atoms with Crippen LogP contribution in [0.5, 0.6) is 0 Å². The molecule has 0 aliphatic heterocycles. The maximum Gasteiger partial charge on any atom is 0.253 e. The van der Waals surface area contributed by atoms with Gasteiger partial charge >= 0.3 is 0 Å². The molecule has 0 unspecified atom stereocenters. The normalized spacial score (nSPS) is 13.9. The first-order valence-corrected chi connectivity index (χ1v) is 7.72. The van der Waals surface area contributed by atoms with Crippen molar-refractivity contribution in [2.75, 3.05) is 5.32 Å². The minimum Gasteiger partial charge on any atom is -0.367 e. The van der Waals surface area contributed by atoms with Gasteiger partial charge in [-0.2, -0.15) is 0 Å². The number of aromatic nitrogens is 3. The second kappa shape index (κ2) is 5.72. The Balaban J connectivity index is 1.38. The highest BCUT2D eigenvalue weighted by molar-refractivity contribution is 5.94. The number of pyridine rings is 1. The summed E-state index contributed by atoms with van der Waals surface area (Å²) in [6.07, 6.45) is 3.99. The van der Waals surface area contributed by atoms with Crippen LogP contribution in [0, 0.1) is 0 Å². The fraction of sp³-hybridized carbons (Fsp3) is 0.235. The maximum absolute atomic E-state index is 12.2. The molecular formula is C17H17N5O. The van der Waals surface area contributed by atoms with Crippen LogP contribution in [0.25, 0.3) is 11.0 Å². The van der Waals surface area contributed by atoms with Crippen LogP contribution in [0.3, 0.4) is 0 Å². The summed E-state index contributed by atoms with van der Waals surface area (Å²) in [5, 5.41) is 6.15. The Morgan fingerprint density at radius 3 is 2.83 bits per heavy atom. The molecule has 23 heavy (non-hydrogen) atoms. The van der Waals surface area contributed by atoms with E-state index >= 15 is 0 Å². The molecular weight excluding hydrogens is 290 g/mol. The summed E-state index contributed by atoms with van der Waals surface area (Å²) in [7, 11) is 0. The minimum atomic E-state index is -0.157.